The second kappa shape index (κ2) is 13.1. The molecule has 1 aliphatic rings. The second-order valence-corrected chi connectivity index (χ2v) is 6.79. The zero-order chi connectivity index (χ0) is 17.6. The number of aliphatic hydroxyl groups excluding tert-OH is 1. The van der Waals surface area contributed by atoms with E-state index in [2.05, 4.69) is 18.4 Å². The maximum Gasteiger partial charge on any atom is 0.312 e. The Bertz CT molecular complexity index is 419. The molecule has 0 unspecified atom stereocenters. The van der Waals surface area contributed by atoms with Crippen LogP contribution in [-0.4, -0.2) is 23.3 Å². The molecule has 1 fully saturated rings. The minimum atomic E-state index is -0.625. The Labute approximate surface area is 147 Å². The zero-order valence-corrected chi connectivity index (χ0v) is 15.3. The number of carbonyl (C=O) groups is 1. The van der Waals surface area contributed by atoms with Gasteiger partial charge in [0.25, 0.3) is 0 Å². The smallest absolute Gasteiger partial charge is 0.312 e. The number of rotatable bonds is 12. The third-order valence-corrected chi connectivity index (χ3v) is 4.65. The number of carbonyl (C=O) groups excluding carboxylic acids is 1. The van der Waals surface area contributed by atoms with Gasteiger partial charge in [-0.15, -0.1) is 18.4 Å². The van der Waals surface area contributed by atoms with Gasteiger partial charge in [-0.1, -0.05) is 38.2 Å². The van der Waals surface area contributed by atoms with E-state index in [1.54, 1.807) is 6.92 Å². The maximum absolute atomic E-state index is 11.6. The van der Waals surface area contributed by atoms with Gasteiger partial charge in [0.2, 0.25) is 0 Å². The van der Waals surface area contributed by atoms with E-state index in [9.17, 15) is 9.90 Å². The molecule has 1 saturated heterocycles. The molecule has 0 aliphatic carbocycles. The van der Waals surface area contributed by atoms with Gasteiger partial charge in [-0.2, -0.15) is 0 Å². The fourth-order valence-corrected chi connectivity index (χ4v) is 3.06. The van der Waals surface area contributed by atoms with Crippen LogP contribution in [0.25, 0.3) is 0 Å². The first-order chi connectivity index (χ1) is 11.7. The van der Waals surface area contributed by atoms with Crippen LogP contribution in [0.2, 0.25) is 0 Å². The molecule has 0 spiro atoms. The molecular formula is C21H34O3. The van der Waals surface area contributed by atoms with Crippen LogP contribution >= 0.6 is 0 Å². The standard InChI is InChI=1S/C21H34O3/c1-3-4-5-6-7-8-9-10-11-12-13-14-15-16-17-19-20(22)18(2)24-21(19)23/h3,18-20,22H,1,4-9,12-17H2,2H3/t18-,19-,20+/m0/s1. The number of ether oxygens (including phenoxy) is 1. The quantitative estimate of drug-likeness (QED) is 0.242. The average Bonchev–Trinajstić information content (AvgIpc) is 2.81. The van der Waals surface area contributed by atoms with Crippen molar-refractivity contribution in [3.8, 4) is 11.8 Å². The lowest BCUT2D eigenvalue weighted by Crippen LogP contribution is -2.24. The molecule has 0 bridgehead atoms. The normalized spacial score (nSPS) is 22.8. The number of allylic oxidation sites excluding steroid dienone is 1. The van der Waals surface area contributed by atoms with Crippen LogP contribution in [-0.2, 0) is 9.53 Å². The summed E-state index contributed by atoms with van der Waals surface area (Å²) in [6.45, 7) is 5.48. The molecule has 3 nitrogen and oxygen atoms in total. The lowest BCUT2D eigenvalue weighted by Gasteiger charge is -2.11. The van der Waals surface area contributed by atoms with Crippen molar-refractivity contribution < 1.29 is 14.6 Å². The number of aliphatic hydroxyl groups is 1. The minimum absolute atomic E-state index is 0.231. The van der Waals surface area contributed by atoms with Crippen LogP contribution in [0, 0.1) is 17.8 Å². The highest BCUT2D eigenvalue weighted by Gasteiger charge is 2.40. The van der Waals surface area contributed by atoms with E-state index >= 15 is 0 Å². The van der Waals surface area contributed by atoms with Crippen LogP contribution in [0.15, 0.2) is 12.7 Å². The Hall–Kier alpha value is -1.27. The molecule has 1 heterocycles. The van der Waals surface area contributed by atoms with Crippen molar-refractivity contribution in [3.63, 3.8) is 0 Å². The number of hydrogen-bond donors (Lipinski definition) is 1. The summed E-state index contributed by atoms with van der Waals surface area (Å²) < 4.78 is 5.04. The van der Waals surface area contributed by atoms with Crippen LogP contribution in [0.3, 0.4) is 0 Å². The number of hydrogen-bond acceptors (Lipinski definition) is 3. The Morgan fingerprint density at radius 2 is 1.62 bits per heavy atom. The van der Waals surface area contributed by atoms with Gasteiger partial charge in [0.15, 0.2) is 0 Å². The topological polar surface area (TPSA) is 46.5 Å². The largest absolute Gasteiger partial charge is 0.460 e. The monoisotopic (exact) mass is 334 g/mol. The van der Waals surface area contributed by atoms with Gasteiger partial charge in [-0.05, 0) is 39.0 Å². The fourth-order valence-electron chi connectivity index (χ4n) is 3.06. The minimum Gasteiger partial charge on any atom is -0.460 e. The highest BCUT2D eigenvalue weighted by molar-refractivity contribution is 5.75. The summed E-state index contributed by atoms with van der Waals surface area (Å²) in [5.74, 6) is 5.98. The van der Waals surface area contributed by atoms with Gasteiger partial charge < -0.3 is 9.84 Å². The lowest BCUT2D eigenvalue weighted by atomic mass is 9.95. The summed E-state index contributed by atoms with van der Waals surface area (Å²) >= 11 is 0. The number of unbranched alkanes of at least 4 members (excludes halogenated alkanes) is 9. The summed E-state index contributed by atoms with van der Waals surface area (Å²) in [6.07, 6.45) is 14.2. The molecule has 3 heteroatoms. The Morgan fingerprint density at radius 3 is 2.17 bits per heavy atom. The molecule has 0 saturated carbocycles. The molecule has 3 atom stereocenters. The van der Waals surface area contributed by atoms with Crippen molar-refractivity contribution in [2.45, 2.75) is 96.2 Å². The molecule has 0 radical (unpaired) electrons. The van der Waals surface area contributed by atoms with Crippen molar-refractivity contribution in [1.29, 1.82) is 0 Å². The summed E-state index contributed by atoms with van der Waals surface area (Å²) in [5.41, 5.74) is 0. The summed E-state index contributed by atoms with van der Waals surface area (Å²) in [6, 6.07) is 0. The fraction of sp³-hybridized carbons (Fsp3) is 0.762. The SMILES string of the molecule is C=CCCCCCCC#CCCCCCC[C@@H]1C(=O)O[C@@H](C)[C@H]1O. The van der Waals surface area contributed by atoms with Crippen LogP contribution in [0.1, 0.15) is 84.0 Å². The van der Waals surface area contributed by atoms with Crippen molar-refractivity contribution >= 4 is 5.97 Å². The summed E-state index contributed by atoms with van der Waals surface area (Å²) in [7, 11) is 0. The summed E-state index contributed by atoms with van der Waals surface area (Å²) in [4.78, 5) is 11.6. The molecule has 1 N–H and O–H groups in total. The van der Waals surface area contributed by atoms with Gasteiger partial charge in [0.05, 0.1) is 5.92 Å². The van der Waals surface area contributed by atoms with Gasteiger partial charge in [0.1, 0.15) is 12.2 Å². The molecule has 0 aromatic rings. The predicted molar refractivity (Wildman–Crippen MR) is 98.4 cm³/mol. The van der Waals surface area contributed by atoms with Gasteiger partial charge in [-0.25, -0.2) is 0 Å². The van der Waals surface area contributed by atoms with E-state index in [4.69, 9.17) is 4.74 Å². The van der Waals surface area contributed by atoms with Crippen molar-refractivity contribution in [3.05, 3.63) is 12.7 Å². The predicted octanol–water partition coefficient (Wildman–Crippen LogP) is 4.78. The Kier molecular flexibility index (Phi) is 11.3. The number of esters is 1. The molecule has 24 heavy (non-hydrogen) atoms. The van der Waals surface area contributed by atoms with Gasteiger partial charge in [-0.3, -0.25) is 4.79 Å². The van der Waals surface area contributed by atoms with E-state index in [0.717, 1.165) is 51.4 Å². The van der Waals surface area contributed by atoms with Crippen molar-refractivity contribution in [1.82, 2.24) is 0 Å². The Morgan fingerprint density at radius 1 is 1.04 bits per heavy atom. The van der Waals surface area contributed by atoms with Crippen molar-refractivity contribution in [2.75, 3.05) is 0 Å². The number of cyclic esters (lactones) is 1. The maximum atomic E-state index is 11.6. The van der Waals surface area contributed by atoms with Gasteiger partial charge >= 0.3 is 5.97 Å². The highest BCUT2D eigenvalue weighted by atomic mass is 16.6. The molecule has 136 valence electrons. The second-order valence-electron chi connectivity index (χ2n) is 6.79. The lowest BCUT2D eigenvalue weighted by molar-refractivity contribution is -0.143. The van der Waals surface area contributed by atoms with Crippen LogP contribution in [0.4, 0.5) is 0 Å². The first-order valence-electron chi connectivity index (χ1n) is 9.62. The van der Waals surface area contributed by atoms with Crippen LogP contribution in [0.5, 0.6) is 0 Å². The van der Waals surface area contributed by atoms with Crippen LogP contribution < -0.4 is 0 Å². The zero-order valence-electron chi connectivity index (χ0n) is 15.3. The molecule has 0 aromatic heterocycles. The average molecular weight is 334 g/mol. The van der Waals surface area contributed by atoms with E-state index in [1.807, 2.05) is 6.08 Å². The van der Waals surface area contributed by atoms with Gasteiger partial charge in [0, 0.05) is 12.8 Å². The Balaban J connectivity index is 1.90. The first-order valence-corrected chi connectivity index (χ1v) is 9.62. The first kappa shape index (κ1) is 20.8. The molecule has 0 amide bonds. The molecule has 1 rings (SSSR count). The van der Waals surface area contributed by atoms with E-state index in [1.165, 1.54) is 25.7 Å². The third kappa shape index (κ3) is 8.55. The van der Waals surface area contributed by atoms with E-state index in [0.29, 0.717) is 0 Å². The molecule has 0 aromatic carbocycles. The van der Waals surface area contributed by atoms with Crippen molar-refractivity contribution in [2.24, 2.45) is 5.92 Å². The highest BCUT2D eigenvalue weighted by Crippen LogP contribution is 2.26. The molecule has 1 aliphatic heterocycles. The molecular weight excluding hydrogens is 300 g/mol. The van der Waals surface area contributed by atoms with E-state index < -0.39 is 6.10 Å². The van der Waals surface area contributed by atoms with E-state index in [-0.39, 0.29) is 18.0 Å². The third-order valence-electron chi connectivity index (χ3n) is 4.65. The summed E-state index contributed by atoms with van der Waals surface area (Å²) in [5, 5.41) is 9.86.